The van der Waals surface area contributed by atoms with Gasteiger partial charge in [0.15, 0.2) is 0 Å². The van der Waals surface area contributed by atoms with E-state index in [1.807, 2.05) is 6.92 Å². The van der Waals surface area contributed by atoms with Gasteiger partial charge in [0.2, 0.25) is 0 Å². The number of hydrogen-bond donors (Lipinski definition) is 1. The molecule has 0 saturated heterocycles. The van der Waals surface area contributed by atoms with Gasteiger partial charge in [-0.25, -0.2) is 9.29 Å². The van der Waals surface area contributed by atoms with Crippen LogP contribution in [0.25, 0.3) is 5.57 Å². The van der Waals surface area contributed by atoms with Crippen LogP contribution in [0.5, 0.6) is 0 Å². The maximum Gasteiger partial charge on any atom is 0.282 e. The molecule has 1 aliphatic heterocycles. The minimum Gasteiger partial charge on any atom is -0.350 e. The Labute approximate surface area is 176 Å². The molecule has 0 bridgehead atoms. The Kier molecular flexibility index (Phi) is 5.04. The summed E-state index contributed by atoms with van der Waals surface area (Å²) >= 11 is 0. The average Bonchev–Trinajstić information content (AvgIpc) is 3.00. The summed E-state index contributed by atoms with van der Waals surface area (Å²) in [6.45, 7) is 1.89. The number of nitro benzene ring substituents is 1. The zero-order chi connectivity index (χ0) is 22.1. The quantitative estimate of drug-likeness (QED) is 0.376. The number of nitrogens with zero attached hydrogens (tertiary/aromatic N) is 2. The number of rotatable bonds is 5. The smallest absolute Gasteiger partial charge is 0.282 e. The lowest BCUT2D eigenvalue weighted by atomic mass is 10.0. The van der Waals surface area contributed by atoms with Crippen LogP contribution in [0.4, 0.5) is 21.5 Å². The number of hydrogen-bond acceptors (Lipinski definition) is 5. The predicted octanol–water partition coefficient (Wildman–Crippen LogP) is 4.44. The van der Waals surface area contributed by atoms with Crippen molar-refractivity contribution in [1.82, 2.24) is 0 Å². The molecular formula is C23H16FN3O4. The van der Waals surface area contributed by atoms with Crippen molar-refractivity contribution in [1.29, 1.82) is 0 Å². The highest BCUT2D eigenvalue weighted by Gasteiger charge is 2.40. The summed E-state index contributed by atoms with van der Waals surface area (Å²) in [5.41, 5.74) is 2.08. The molecule has 0 saturated carbocycles. The number of carbonyl (C=O) groups is 2. The molecule has 8 heteroatoms. The third-order valence-corrected chi connectivity index (χ3v) is 4.86. The molecule has 0 fully saturated rings. The highest BCUT2D eigenvalue weighted by Crippen LogP contribution is 2.34. The minimum absolute atomic E-state index is 0.00559. The van der Waals surface area contributed by atoms with E-state index in [2.05, 4.69) is 5.32 Å². The molecule has 2 amide bonds. The van der Waals surface area contributed by atoms with Gasteiger partial charge in [-0.1, -0.05) is 17.7 Å². The molecule has 3 aromatic carbocycles. The molecule has 0 unspecified atom stereocenters. The Morgan fingerprint density at radius 1 is 0.871 bits per heavy atom. The Hall–Kier alpha value is -4.33. The van der Waals surface area contributed by atoms with Crippen LogP contribution in [-0.4, -0.2) is 16.7 Å². The Bertz CT molecular complexity index is 1220. The van der Waals surface area contributed by atoms with Crippen LogP contribution < -0.4 is 10.2 Å². The van der Waals surface area contributed by atoms with Gasteiger partial charge in [0.25, 0.3) is 17.5 Å². The molecule has 0 atom stereocenters. The Morgan fingerprint density at radius 3 is 2.06 bits per heavy atom. The van der Waals surface area contributed by atoms with E-state index >= 15 is 0 Å². The first-order valence-corrected chi connectivity index (χ1v) is 9.32. The number of anilines is 2. The SMILES string of the molecule is Cc1ccc(N2C(=O)C(Nc3ccc(F)cc3)=C(c3ccc([N+](=O)[O-])cc3)C2=O)cc1. The van der Waals surface area contributed by atoms with Crippen molar-refractivity contribution < 1.29 is 18.9 Å². The third-order valence-electron chi connectivity index (χ3n) is 4.86. The number of nitro groups is 1. The van der Waals surface area contributed by atoms with Gasteiger partial charge >= 0.3 is 0 Å². The van der Waals surface area contributed by atoms with E-state index in [1.54, 1.807) is 24.3 Å². The van der Waals surface area contributed by atoms with E-state index in [4.69, 9.17) is 0 Å². The second kappa shape index (κ2) is 7.83. The van der Waals surface area contributed by atoms with Gasteiger partial charge in [-0.3, -0.25) is 19.7 Å². The van der Waals surface area contributed by atoms with E-state index in [0.717, 1.165) is 10.5 Å². The fourth-order valence-corrected chi connectivity index (χ4v) is 3.27. The minimum atomic E-state index is -0.577. The molecule has 7 nitrogen and oxygen atoms in total. The molecule has 0 aliphatic carbocycles. The van der Waals surface area contributed by atoms with Gasteiger partial charge in [-0.15, -0.1) is 0 Å². The second-order valence-corrected chi connectivity index (χ2v) is 6.97. The first-order valence-electron chi connectivity index (χ1n) is 9.32. The highest BCUT2D eigenvalue weighted by molar-refractivity contribution is 6.46. The standard InChI is InChI=1S/C23H16FN3O4/c1-14-2-10-18(11-3-14)26-22(28)20(15-4-12-19(13-5-15)27(30)31)21(23(26)29)25-17-8-6-16(24)7-9-17/h2-13,25H,1H3. The van der Waals surface area contributed by atoms with Gasteiger partial charge in [-0.05, 0) is 61.0 Å². The van der Waals surface area contributed by atoms with Gasteiger partial charge in [-0.2, -0.15) is 0 Å². The number of amides is 2. The van der Waals surface area contributed by atoms with E-state index < -0.39 is 22.6 Å². The van der Waals surface area contributed by atoms with Gasteiger partial charge in [0, 0.05) is 17.8 Å². The van der Waals surface area contributed by atoms with Crippen LogP contribution in [0.15, 0.2) is 78.5 Å². The van der Waals surface area contributed by atoms with Crippen molar-refractivity contribution >= 4 is 34.4 Å². The number of imide groups is 1. The number of benzene rings is 3. The maximum absolute atomic E-state index is 13.3. The van der Waals surface area contributed by atoms with E-state index in [0.29, 0.717) is 16.9 Å². The lowest BCUT2D eigenvalue weighted by Crippen LogP contribution is -2.32. The fourth-order valence-electron chi connectivity index (χ4n) is 3.27. The van der Waals surface area contributed by atoms with Crippen molar-refractivity contribution in [3.63, 3.8) is 0 Å². The van der Waals surface area contributed by atoms with Crippen LogP contribution in [0.1, 0.15) is 11.1 Å². The topological polar surface area (TPSA) is 92.6 Å². The molecular weight excluding hydrogens is 401 g/mol. The number of carbonyl (C=O) groups excluding carboxylic acids is 2. The predicted molar refractivity (Wildman–Crippen MR) is 114 cm³/mol. The van der Waals surface area contributed by atoms with Gasteiger partial charge in [0.05, 0.1) is 16.2 Å². The molecule has 1 aliphatic rings. The van der Waals surface area contributed by atoms with Crippen molar-refractivity contribution in [3.8, 4) is 0 Å². The van der Waals surface area contributed by atoms with E-state index in [1.165, 1.54) is 48.5 Å². The summed E-state index contributed by atoms with van der Waals surface area (Å²) in [6, 6.07) is 17.6. The largest absolute Gasteiger partial charge is 0.350 e. The van der Waals surface area contributed by atoms with Crippen LogP contribution in [0.3, 0.4) is 0 Å². The summed E-state index contributed by atoms with van der Waals surface area (Å²) < 4.78 is 13.3. The summed E-state index contributed by atoms with van der Waals surface area (Å²) in [6.07, 6.45) is 0. The summed E-state index contributed by atoms with van der Waals surface area (Å²) in [5, 5.41) is 13.9. The number of aryl methyl sites for hydroxylation is 1. The Morgan fingerprint density at radius 2 is 1.48 bits per heavy atom. The number of nitrogens with one attached hydrogen (secondary N) is 1. The molecule has 0 spiro atoms. The first-order chi connectivity index (χ1) is 14.8. The van der Waals surface area contributed by atoms with Crippen molar-refractivity contribution in [2.45, 2.75) is 6.92 Å². The second-order valence-electron chi connectivity index (χ2n) is 6.97. The zero-order valence-electron chi connectivity index (χ0n) is 16.3. The zero-order valence-corrected chi connectivity index (χ0v) is 16.3. The normalized spacial score (nSPS) is 13.7. The molecule has 0 aromatic heterocycles. The lowest BCUT2D eigenvalue weighted by Gasteiger charge is -2.15. The van der Waals surface area contributed by atoms with Crippen molar-refractivity contribution in [2.24, 2.45) is 0 Å². The summed E-state index contributed by atoms with van der Waals surface area (Å²) in [5.74, 6) is -1.58. The van der Waals surface area contributed by atoms with Crippen molar-refractivity contribution in [2.75, 3.05) is 10.2 Å². The monoisotopic (exact) mass is 417 g/mol. The van der Waals surface area contributed by atoms with Gasteiger partial charge in [0.1, 0.15) is 11.5 Å². The van der Waals surface area contributed by atoms with Crippen LogP contribution in [0, 0.1) is 22.9 Å². The summed E-state index contributed by atoms with van der Waals surface area (Å²) in [7, 11) is 0. The van der Waals surface area contributed by atoms with Crippen LogP contribution in [0.2, 0.25) is 0 Å². The number of non-ortho nitro benzene ring substituents is 1. The summed E-state index contributed by atoms with van der Waals surface area (Å²) in [4.78, 5) is 38.0. The third kappa shape index (κ3) is 3.78. The molecule has 154 valence electrons. The maximum atomic E-state index is 13.3. The highest BCUT2D eigenvalue weighted by atomic mass is 19.1. The van der Waals surface area contributed by atoms with E-state index in [-0.39, 0.29) is 17.0 Å². The molecule has 0 radical (unpaired) electrons. The molecule has 31 heavy (non-hydrogen) atoms. The molecule has 1 N–H and O–H groups in total. The Balaban J connectivity index is 1.80. The fraction of sp³-hybridized carbons (Fsp3) is 0.0435. The van der Waals surface area contributed by atoms with E-state index in [9.17, 15) is 24.1 Å². The number of halogens is 1. The van der Waals surface area contributed by atoms with Gasteiger partial charge < -0.3 is 5.32 Å². The molecule has 1 heterocycles. The van der Waals surface area contributed by atoms with Crippen molar-refractivity contribution in [3.05, 3.63) is 106 Å². The lowest BCUT2D eigenvalue weighted by molar-refractivity contribution is -0.384. The first kappa shape index (κ1) is 20.0. The van der Waals surface area contributed by atoms with Crippen LogP contribution in [-0.2, 0) is 9.59 Å². The molecule has 4 rings (SSSR count). The molecule has 3 aromatic rings. The van der Waals surface area contributed by atoms with Crippen LogP contribution >= 0.6 is 0 Å². The average molecular weight is 417 g/mol.